The lowest BCUT2D eigenvalue weighted by molar-refractivity contribution is -0.127. The van der Waals surface area contributed by atoms with Crippen LogP contribution in [0, 0.1) is 0 Å². The van der Waals surface area contributed by atoms with Crippen LogP contribution in [-0.4, -0.2) is 64.6 Å². The van der Waals surface area contributed by atoms with Crippen molar-refractivity contribution in [2.24, 2.45) is 0 Å². The molecule has 0 unspecified atom stereocenters. The molecular formula is C25H30N6O3. The Bertz CT molecular complexity index is 1170. The molecule has 178 valence electrons. The predicted octanol–water partition coefficient (Wildman–Crippen LogP) is 3.64. The number of pyridine rings is 1. The van der Waals surface area contributed by atoms with Crippen molar-refractivity contribution in [2.75, 3.05) is 31.6 Å². The van der Waals surface area contributed by atoms with Gasteiger partial charge in [0.25, 0.3) is 0 Å². The summed E-state index contributed by atoms with van der Waals surface area (Å²) in [6, 6.07) is 9.40. The van der Waals surface area contributed by atoms with E-state index in [-0.39, 0.29) is 18.0 Å². The number of likely N-dealkylation sites (tertiary alicyclic amines) is 1. The maximum atomic E-state index is 12.3. The minimum Gasteiger partial charge on any atom is -0.478 e. The van der Waals surface area contributed by atoms with Gasteiger partial charge >= 0.3 is 6.03 Å². The van der Waals surface area contributed by atoms with Crippen molar-refractivity contribution in [2.45, 2.75) is 39.2 Å². The fourth-order valence-electron chi connectivity index (χ4n) is 3.80. The molecule has 1 aliphatic heterocycles. The van der Waals surface area contributed by atoms with Crippen LogP contribution in [0.4, 0.5) is 10.6 Å². The molecule has 34 heavy (non-hydrogen) atoms. The van der Waals surface area contributed by atoms with Gasteiger partial charge in [-0.15, -0.1) is 0 Å². The lowest BCUT2D eigenvalue weighted by Crippen LogP contribution is -2.41. The number of benzene rings is 1. The number of aromatic nitrogens is 3. The Labute approximate surface area is 199 Å². The van der Waals surface area contributed by atoms with E-state index < -0.39 is 0 Å². The quantitative estimate of drug-likeness (QED) is 0.513. The first kappa shape index (κ1) is 23.4. The highest BCUT2D eigenvalue weighted by Gasteiger charge is 2.19. The molecule has 0 spiro atoms. The van der Waals surface area contributed by atoms with E-state index in [9.17, 15) is 9.59 Å². The summed E-state index contributed by atoms with van der Waals surface area (Å²) in [5, 5.41) is 2.85. The minimum absolute atomic E-state index is 0.0312. The van der Waals surface area contributed by atoms with Crippen molar-refractivity contribution >= 4 is 28.8 Å². The molecular weight excluding hydrogens is 432 g/mol. The number of urea groups is 1. The molecule has 3 heterocycles. The highest BCUT2D eigenvalue weighted by molar-refractivity contribution is 5.92. The molecule has 3 amide bonds. The number of nitrogens with one attached hydrogen (secondary N) is 1. The minimum atomic E-state index is -0.230. The van der Waals surface area contributed by atoms with E-state index in [1.807, 2.05) is 49.1 Å². The first-order chi connectivity index (χ1) is 16.4. The Hall–Kier alpha value is -3.75. The molecule has 1 saturated heterocycles. The van der Waals surface area contributed by atoms with Crippen molar-refractivity contribution in [1.82, 2.24) is 25.2 Å². The summed E-state index contributed by atoms with van der Waals surface area (Å²) in [5.41, 5.74) is 3.31. The molecule has 1 aliphatic rings. The number of fused-ring (bicyclic) bond motifs is 1. The van der Waals surface area contributed by atoms with E-state index in [1.165, 1.54) is 4.90 Å². The third-order valence-corrected chi connectivity index (χ3v) is 5.65. The van der Waals surface area contributed by atoms with Gasteiger partial charge < -0.3 is 15.0 Å². The Morgan fingerprint density at radius 2 is 1.97 bits per heavy atom. The molecule has 0 saturated carbocycles. The molecule has 4 rings (SSSR count). The first-order valence-corrected chi connectivity index (χ1v) is 11.6. The number of anilines is 1. The number of carbonyl (C=O) groups excluding carboxylic acids is 2. The topological polar surface area (TPSA) is 101 Å². The van der Waals surface area contributed by atoms with E-state index in [0.29, 0.717) is 30.2 Å². The molecule has 0 bridgehead atoms. The highest BCUT2D eigenvalue weighted by Crippen LogP contribution is 2.25. The zero-order valence-electron chi connectivity index (χ0n) is 19.8. The second-order valence-corrected chi connectivity index (χ2v) is 8.67. The van der Waals surface area contributed by atoms with E-state index in [0.717, 1.165) is 42.6 Å². The van der Waals surface area contributed by atoms with Gasteiger partial charge in [0.15, 0.2) is 5.82 Å². The lowest BCUT2D eigenvalue weighted by atomic mass is 10.1. The van der Waals surface area contributed by atoms with Crippen molar-refractivity contribution < 1.29 is 14.3 Å². The Morgan fingerprint density at radius 3 is 2.68 bits per heavy atom. The van der Waals surface area contributed by atoms with Gasteiger partial charge in [-0.25, -0.2) is 14.8 Å². The molecule has 1 N–H and O–H groups in total. The Kier molecular flexibility index (Phi) is 7.20. The molecule has 0 aliphatic carbocycles. The van der Waals surface area contributed by atoms with E-state index in [1.54, 1.807) is 19.4 Å². The van der Waals surface area contributed by atoms with Gasteiger partial charge in [-0.1, -0.05) is 6.07 Å². The third-order valence-electron chi connectivity index (χ3n) is 5.65. The summed E-state index contributed by atoms with van der Waals surface area (Å²) in [6.45, 7) is 5.91. The maximum Gasteiger partial charge on any atom is 0.323 e. The smallest absolute Gasteiger partial charge is 0.323 e. The fraction of sp³-hybridized carbons (Fsp3) is 0.400. The summed E-state index contributed by atoms with van der Waals surface area (Å²) in [5.74, 6) is 1.26. The van der Waals surface area contributed by atoms with Crippen LogP contribution >= 0.6 is 0 Å². The van der Waals surface area contributed by atoms with Crippen LogP contribution in [0.2, 0.25) is 0 Å². The average molecular weight is 463 g/mol. The molecule has 2 aromatic heterocycles. The maximum absolute atomic E-state index is 12.3. The summed E-state index contributed by atoms with van der Waals surface area (Å²) in [7, 11) is 1.67. The number of amides is 3. The fourth-order valence-corrected chi connectivity index (χ4v) is 3.80. The van der Waals surface area contributed by atoms with Gasteiger partial charge in [0.05, 0.1) is 23.8 Å². The molecule has 1 fully saturated rings. The second kappa shape index (κ2) is 10.5. The number of nitrogens with zero attached hydrogens (tertiary/aromatic N) is 5. The normalized spacial score (nSPS) is 13.5. The van der Waals surface area contributed by atoms with E-state index in [4.69, 9.17) is 4.74 Å². The van der Waals surface area contributed by atoms with Crippen molar-refractivity contribution in [3.63, 3.8) is 0 Å². The van der Waals surface area contributed by atoms with Crippen molar-refractivity contribution in [3.05, 3.63) is 42.7 Å². The molecule has 0 atom stereocenters. The predicted molar refractivity (Wildman–Crippen MR) is 131 cm³/mol. The molecule has 3 aromatic rings. The van der Waals surface area contributed by atoms with E-state index >= 15 is 0 Å². The van der Waals surface area contributed by atoms with E-state index in [2.05, 4.69) is 20.3 Å². The zero-order chi connectivity index (χ0) is 24.1. The number of carbonyl (C=O) groups is 2. The number of hydrogen-bond donors (Lipinski definition) is 1. The Morgan fingerprint density at radius 1 is 1.15 bits per heavy atom. The first-order valence-electron chi connectivity index (χ1n) is 11.6. The van der Waals surface area contributed by atoms with Gasteiger partial charge in [-0.05, 0) is 50.5 Å². The summed E-state index contributed by atoms with van der Waals surface area (Å²) in [4.78, 5) is 40.8. The van der Waals surface area contributed by atoms with Crippen LogP contribution < -0.4 is 15.0 Å². The van der Waals surface area contributed by atoms with Crippen LogP contribution in [0.3, 0.4) is 0 Å². The molecule has 9 nitrogen and oxygen atoms in total. The van der Waals surface area contributed by atoms with Crippen LogP contribution in [-0.2, 0) is 4.79 Å². The SMILES string of the molecule is CC(C)NC(=O)N(C)c1cnc2ccc(-c3ccc(OCCCN4CCCC4=O)nc3)cc2n1. The number of ether oxygens (including phenoxy) is 1. The van der Waals surface area contributed by atoms with Crippen LogP contribution in [0.5, 0.6) is 5.88 Å². The van der Waals surface area contributed by atoms with Gasteiger partial charge in [0.1, 0.15) is 0 Å². The van der Waals surface area contributed by atoms with Crippen LogP contribution in [0.1, 0.15) is 33.1 Å². The highest BCUT2D eigenvalue weighted by atomic mass is 16.5. The molecule has 9 heteroatoms. The molecule has 1 aromatic carbocycles. The van der Waals surface area contributed by atoms with Crippen molar-refractivity contribution in [1.29, 1.82) is 0 Å². The van der Waals surface area contributed by atoms with Crippen molar-refractivity contribution in [3.8, 4) is 17.0 Å². The second-order valence-electron chi connectivity index (χ2n) is 8.67. The van der Waals surface area contributed by atoms with Gasteiger partial charge in [-0.2, -0.15) is 0 Å². The summed E-state index contributed by atoms with van der Waals surface area (Å²) < 4.78 is 5.74. The number of rotatable bonds is 8. The summed E-state index contributed by atoms with van der Waals surface area (Å²) >= 11 is 0. The van der Waals surface area contributed by atoms with Crippen LogP contribution in [0.15, 0.2) is 42.7 Å². The standard InChI is InChI=1S/C25H30N6O3/c1-17(2)28-25(33)30(3)22-16-26-20-9-7-18(14-21(20)29-22)19-8-10-23(27-15-19)34-13-5-12-31-11-4-6-24(31)32/h7-10,14-17H,4-6,11-13H2,1-3H3,(H,28,33). The van der Waals surface area contributed by atoms with Gasteiger partial charge in [0, 0.05) is 50.4 Å². The zero-order valence-corrected chi connectivity index (χ0v) is 19.8. The molecule has 0 radical (unpaired) electrons. The average Bonchev–Trinajstić information content (AvgIpc) is 3.25. The Balaban J connectivity index is 1.40. The monoisotopic (exact) mass is 462 g/mol. The van der Waals surface area contributed by atoms with Gasteiger partial charge in [0.2, 0.25) is 11.8 Å². The third kappa shape index (κ3) is 5.59. The van der Waals surface area contributed by atoms with Crippen LogP contribution in [0.25, 0.3) is 22.2 Å². The summed E-state index contributed by atoms with van der Waals surface area (Å²) in [6.07, 6.45) is 5.75. The lowest BCUT2D eigenvalue weighted by Gasteiger charge is -2.18. The largest absolute Gasteiger partial charge is 0.478 e. The number of hydrogen-bond acceptors (Lipinski definition) is 6. The van der Waals surface area contributed by atoms with Gasteiger partial charge in [-0.3, -0.25) is 14.7 Å².